The van der Waals surface area contributed by atoms with E-state index in [1.54, 1.807) is 19.1 Å². The highest BCUT2D eigenvalue weighted by Gasteiger charge is 2.16. The molecule has 0 amide bonds. The monoisotopic (exact) mass is 270 g/mol. The second-order valence-electron chi connectivity index (χ2n) is 5.06. The molecule has 0 fully saturated rings. The maximum absolute atomic E-state index is 13.1. The normalized spacial score (nSPS) is 13.5. The van der Waals surface area contributed by atoms with Gasteiger partial charge < -0.3 is 4.74 Å². The van der Waals surface area contributed by atoms with Crippen molar-refractivity contribution in [1.82, 2.24) is 0 Å². The Bertz CT molecular complexity index is 677. The minimum absolute atomic E-state index is 0.0733. The zero-order valence-corrected chi connectivity index (χ0v) is 11.3. The first kappa shape index (κ1) is 12.9. The minimum atomic E-state index is -0.321. The SMILES string of the molecule is Cc1cc(F)ccc1C(=O)c1ccc2c(c1)CCCO2. The third kappa shape index (κ3) is 2.31. The maximum atomic E-state index is 13.1. The molecule has 2 nitrogen and oxygen atoms in total. The first-order valence-electron chi connectivity index (χ1n) is 6.72. The van der Waals surface area contributed by atoms with Gasteiger partial charge in [-0.3, -0.25) is 4.79 Å². The molecule has 2 aromatic rings. The van der Waals surface area contributed by atoms with E-state index in [2.05, 4.69) is 0 Å². The molecule has 0 spiro atoms. The smallest absolute Gasteiger partial charge is 0.193 e. The molecule has 0 aromatic heterocycles. The van der Waals surface area contributed by atoms with Crippen LogP contribution in [0.4, 0.5) is 4.39 Å². The summed E-state index contributed by atoms with van der Waals surface area (Å²) in [6.07, 6.45) is 1.90. The van der Waals surface area contributed by atoms with Crippen LogP contribution < -0.4 is 4.74 Å². The fraction of sp³-hybridized carbons (Fsp3) is 0.235. The van der Waals surface area contributed by atoms with Gasteiger partial charge in [0.15, 0.2) is 5.78 Å². The quantitative estimate of drug-likeness (QED) is 0.778. The molecule has 0 radical (unpaired) electrons. The fourth-order valence-corrected chi connectivity index (χ4v) is 2.54. The van der Waals surface area contributed by atoms with Gasteiger partial charge in [0.2, 0.25) is 0 Å². The first-order chi connectivity index (χ1) is 9.65. The summed E-state index contributed by atoms with van der Waals surface area (Å²) in [4.78, 5) is 12.5. The van der Waals surface area contributed by atoms with Crippen molar-refractivity contribution in [3.63, 3.8) is 0 Å². The van der Waals surface area contributed by atoms with Crippen LogP contribution >= 0.6 is 0 Å². The number of carbonyl (C=O) groups excluding carboxylic acids is 1. The predicted octanol–water partition coefficient (Wildman–Crippen LogP) is 3.69. The van der Waals surface area contributed by atoms with Crippen LogP contribution in [-0.2, 0) is 6.42 Å². The number of aryl methyl sites for hydroxylation is 2. The molecule has 1 aliphatic rings. The molecule has 0 unspecified atom stereocenters. The molecule has 0 N–H and O–H groups in total. The molecule has 0 saturated heterocycles. The van der Waals surface area contributed by atoms with E-state index in [1.165, 1.54) is 12.1 Å². The summed E-state index contributed by atoms with van der Waals surface area (Å²) < 4.78 is 18.7. The Hall–Kier alpha value is -2.16. The van der Waals surface area contributed by atoms with Crippen LogP contribution in [-0.4, -0.2) is 12.4 Å². The summed E-state index contributed by atoms with van der Waals surface area (Å²) in [5.74, 6) is 0.470. The van der Waals surface area contributed by atoms with Crippen LogP contribution in [0.2, 0.25) is 0 Å². The highest BCUT2D eigenvalue weighted by atomic mass is 19.1. The van der Waals surface area contributed by atoms with Crippen molar-refractivity contribution in [3.8, 4) is 5.75 Å². The molecular formula is C17H15FO2. The zero-order chi connectivity index (χ0) is 14.1. The van der Waals surface area contributed by atoms with Gasteiger partial charge >= 0.3 is 0 Å². The number of hydrogen-bond donors (Lipinski definition) is 0. The van der Waals surface area contributed by atoms with Crippen LogP contribution in [0.25, 0.3) is 0 Å². The van der Waals surface area contributed by atoms with E-state index in [9.17, 15) is 9.18 Å². The van der Waals surface area contributed by atoms with Crippen molar-refractivity contribution in [1.29, 1.82) is 0 Å². The summed E-state index contributed by atoms with van der Waals surface area (Å²) in [5.41, 5.74) is 2.90. The molecule has 0 saturated carbocycles. The Kier molecular flexibility index (Phi) is 3.26. The van der Waals surface area contributed by atoms with Gasteiger partial charge in [-0.2, -0.15) is 0 Å². The summed E-state index contributed by atoms with van der Waals surface area (Å²) in [7, 11) is 0. The first-order valence-corrected chi connectivity index (χ1v) is 6.72. The number of carbonyl (C=O) groups is 1. The number of ketones is 1. The molecule has 0 bridgehead atoms. The molecule has 102 valence electrons. The standard InChI is InChI=1S/C17H15FO2/c1-11-9-14(18)5-6-15(11)17(19)13-4-7-16-12(10-13)3-2-8-20-16/h4-7,9-10H,2-3,8H2,1H3. The summed E-state index contributed by atoms with van der Waals surface area (Å²) >= 11 is 0. The van der Waals surface area contributed by atoms with Gasteiger partial charge in [0.05, 0.1) is 6.61 Å². The van der Waals surface area contributed by atoms with Gasteiger partial charge in [-0.1, -0.05) is 0 Å². The van der Waals surface area contributed by atoms with E-state index in [4.69, 9.17) is 4.74 Å². The van der Waals surface area contributed by atoms with Gasteiger partial charge in [-0.25, -0.2) is 4.39 Å². The number of ether oxygens (including phenoxy) is 1. The summed E-state index contributed by atoms with van der Waals surface area (Å²) in [6.45, 7) is 2.48. The second kappa shape index (κ2) is 5.08. The van der Waals surface area contributed by atoms with Crippen LogP contribution in [0, 0.1) is 12.7 Å². The van der Waals surface area contributed by atoms with Crippen LogP contribution in [0.5, 0.6) is 5.75 Å². The Morgan fingerprint density at radius 1 is 1.20 bits per heavy atom. The van der Waals surface area contributed by atoms with Crippen molar-refractivity contribution in [2.24, 2.45) is 0 Å². The molecule has 0 aliphatic carbocycles. The third-order valence-corrected chi connectivity index (χ3v) is 3.60. The van der Waals surface area contributed by atoms with E-state index in [0.29, 0.717) is 16.7 Å². The summed E-state index contributed by atoms with van der Waals surface area (Å²) in [6, 6.07) is 9.76. The van der Waals surface area contributed by atoms with Gasteiger partial charge in [0.1, 0.15) is 11.6 Å². The van der Waals surface area contributed by atoms with Crippen LogP contribution in [0.1, 0.15) is 33.5 Å². The highest BCUT2D eigenvalue weighted by Crippen LogP contribution is 2.27. The second-order valence-corrected chi connectivity index (χ2v) is 5.06. The average Bonchev–Trinajstić information content (AvgIpc) is 2.46. The molecule has 1 heterocycles. The lowest BCUT2D eigenvalue weighted by Crippen LogP contribution is -2.10. The van der Waals surface area contributed by atoms with E-state index in [0.717, 1.165) is 30.8 Å². The minimum Gasteiger partial charge on any atom is -0.493 e. The van der Waals surface area contributed by atoms with Crippen LogP contribution in [0.15, 0.2) is 36.4 Å². The van der Waals surface area contributed by atoms with Crippen molar-refractivity contribution >= 4 is 5.78 Å². The molecule has 0 atom stereocenters. The van der Waals surface area contributed by atoms with Gasteiger partial charge in [-0.05, 0) is 67.3 Å². The fourth-order valence-electron chi connectivity index (χ4n) is 2.54. The maximum Gasteiger partial charge on any atom is 0.193 e. The molecule has 20 heavy (non-hydrogen) atoms. The van der Waals surface area contributed by atoms with E-state index in [-0.39, 0.29) is 11.6 Å². The third-order valence-electron chi connectivity index (χ3n) is 3.60. The highest BCUT2D eigenvalue weighted by molar-refractivity contribution is 6.10. The Labute approximate surface area is 117 Å². The van der Waals surface area contributed by atoms with E-state index < -0.39 is 0 Å². The van der Waals surface area contributed by atoms with Crippen molar-refractivity contribution < 1.29 is 13.9 Å². The Balaban J connectivity index is 1.98. The summed E-state index contributed by atoms with van der Waals surface area (Å²) in [5, 5.41) is 0. The molecular weight excluding hydrogens is 255 g/mol. The number of fused-ring (bicyclic) bond motifs is 1. The average molecular weight is 270 g/mol. The van der Waals surface area contributed by atoms with Crippen molar-refractivity contribution in [3.05, 3.63) is 64.5 Å². The van der Waals surface area contributed by atoms with Crippen molar-refractivity contribution in [2.45, 2.75) is 19.8 Å². The van der Waals surface area contributed by atoms with Gasteiger partial charge in [0.25, 0.3) is 0 Å². The number of benzene rings is 2. The number of rotatable bonds is 2. The largest absolute Gasteiger partial charge is 0.493 e. The molecule has 1 aliphatic heterocycles. The van der Waals surface area contributed by atoms with E-state index in [1.807, 2.05) is 12.1 Å². The zero-order valence-electron chi connectivity index (χ0n) is 11.3. The van der Waals surface area contributed by atoms with Gasteiger partial charge in [-0.15, -0.1) is 0 Å². The lowest BCUT2D eigenvalue weighted by molar-refractivity contribution is 0.103. The lowest BCUT2D eigenvalue weighted by Gasteiger charge is -2.17. The van der Waals surface area contributed by atoms with Crippen LogP contribution in [0.3, 0.4) is 0 Å². The molecule has 3 heteroatoms. The molecule has 3 rings (SSSR count). The number of hydrogen-bond acceptors (Lipinski definition) is 2. The van der Waals surface area contributed by atoms with Crippen molar-refractivity contribution in [2.75, 3.05) is 6.61 Å². The number of halogens is 1. The molecule has 2 aromatic carbocycles. The Morgan fingerprint density at radius 3 is 2.85 bits per heavy atom. The topological polar surface area (TPSA) is 26.3 Å². The van der Waals surface area contributed by atoms with Gasteiger partial charge in [0, 0.05) is 11.1 Å². The predicted molar refractivity (Wildman–Crippen MR) is 74.8 cm³/mol. The van der Waals surface area contributed by atoms with E-state index >= 15 is 0 Å². The lowest BCUT2D eigenvalue weighted by atomic mass is 9.96. The Morgan fingerprint density at radius 2 is 2.05 bits per heavy atom.